The third-order valence-corrected chi connectivity index (χ3v) is 5.55. The Morgan fingerprint density at radius 1 is 1.15 bits per heavy atom. The predicted molar refractivity (Wildman–Crippen MR) is 104 cm³/mol. The van der Waals surface area contributed by atoms with Crippen LogP contribution in [0.1, 0.15) is 44.1 Å². The van der Waals surface area contributed by atoms with Gasteiger partial charge in [-0.15, -0.1) is 0 Å². The quantitative estimate of drug-likeness (QED) is 0.852. The highest BCUT2D eigenvalue weighted by molar-refractivity contribution is 5.79. The lowest BCUT2D eigenvalue weighted by Gasteiger charge is -2.21. The summed E-state index contributed by atoms with van der Waals surface area (Å²) in [6, 6.07) is 8.64. The molecular formula is C21H31N3O2. The molecule has 2 saturated heterocycles. The Labute approximate surface area is 156 Å². The fourth-order valence-electron chi connectivity index (χ4n) is 3.85. The Morgan fingerprint density at radius 3 is 2.77 bits per heavy atom. The van der Waals surface area contributed by atoms with Gasteiger partial charge in [0.25, 0.3) is 0 Å². The molecule has 0 bridgehead atoms. The standard InChI is InChI=1S/C21H31N3O2/c1-17-6-8-19(9-7-17)24-13-10-18(16-24)15-22-20(25)11-14-23-12-4-2-3-5-21(23)26/h6-9,18H,2-5,10-16H2,1H3,(H,22,25). The molecule has 0 aromatic heterocycles. The van der Waals surface area contributed by atoms with Crippen LogP contribution >= 0.6 is 0 Å². The van der Waals surface area contributed by atoms with Crippen LogP contribution in [0.4, 0.5) is 5.69 Å². The summed E-state index contributed by atoms with van der Waals surface area (Å²) in [6.07, 6.45) is 5.33. The lowest BCUT2D eigenvalue weighted by molar-refractivity contribution is -0.131. The fourth-order valence-corrected chi connectivity index (χ4v) is 3.85. The van der Waals surface area contributed by atoms with Crippen LogP contribution < -0.4 is 10.2 Å². The Balaban J connectivity index is 1.37. The maximum atomic E-state index is 12.2. The van der Waals surface area contributed by atoms with Crippen LogP contribution in [0.5, 0.6) is 0 Å². The van der Waals surface area contributed by atoms with Crippen LogP contribution in [0.15, 0.2) is 24.3 Å². The molecule has 0 radical (unpaired) electrons. The number of aryl methyl sites for hydroxylation is 1. The molecule has 1 N–H and O–H groups in total. The van der Waals surface area contributed by atoms with Gasteiger partial charge in [0.15, 0.2) is 0 Å². The molecule has 0 saturated carbocycles. The topological polar surface area (TPSA) is 52.7 Å². The second kappa shape index (κ2) is 9.06. The summed E-state index contributed by atoms with van der Waals surface area (Å²) in [5.74, 6) is 0.774. The monoisotopic (exact) mass is 357 g/mol. The fraction of sp³-hybridized carbons (Fsp3) is 0.619. The van der Waals surface area contributed by atoms with E-state index in [1.807, 2.05) is 4.90 Å². The number of amides is 2. The summed E-state index contributed by atoms with van der Waals surface area (Å²) >= 11 is 0. The Morgan fingerprint density at radius 2 is 1.96 bits per heavy atom. The first-order valence-electron chi connectivity index (χ1n) is 9.98. The molecule has 1 aromatic rings. The number of nitrogens with zero attached hydrogens (tertiary/aromatic N) is 2. The van der Waals surface area contributed by atoms with Gasteiger partial charge in [0.1, 0.15) is 0 Å². The van der Waals surface area contributed by atoms with Crippen molar-refractivity contribution in [3.63, 3.8) is 0 Å². The zero-order valence-electron chi connectivity index (χ0n) is 15.9. The number of benzene rings is 1. The van der Waals surface area contributed by atoms with E-state index in [1.165, 1.54) is 11.3 Å². The maximum Gasteiger partial charge on any atom is 0.222 e. The SMILES string of the molecule is Cc1ccc(N2CCC(CNC(=O)CCN3CCCCCC3=O)C2)cc1. The normalized spacial score (nSPS) is 21.0. The van der Waals surface area contributed by atoms with Gasteiger partial charge in [-0.2, -0.15) is 0 Å². The minimum absolute atomic E-state index is 0.0656. The average molecular weight is 357 g/mol. The van der Waals surface area contributed by atoms with Crippen molar-refractivity contribution < 1.29 is 9.59 Å². The number of hydrogen-bond donors (Lipinski definition) is 1. The van der Waals surface area contributed by atoms with Crippen LogP contribution in [-0.4, -0.2) is 49.4 Å². The number of anilines is 1. The first-order valence-corrected chi connectivity index (χ1v) is 9.98. The molecule has 2 aliphatic rings. The summed E-state index contributed by atoms with van der Waals surface area (Å²) < 4.78 is 0. The number of carbonyl (C=O) groups is 2. The van der Waals surface area contributed by atoms with E-state index in [1.54, 1.807) is 0 Å². The van der Waals surface area contributed by atoms with Crippen LogP contribution in [0.25, 0.3) is 0 Å². The van der Waals surface area contributed by atoms with Gasteiger partial charge in [-0.05, 0) is 44.2 Å². The molecule has 2 aliphatic heterocycles. The molecule has 1 aromatic carbocycles. The van der Waals surface area contributed by atoms with Gasteiger partial charge in [-0.3, -0.25) is 9.59 Å². The van der Waals surface area contributed by atoms with Gasteiger partial charge < -0.3 is 15.1 Å². The second-order valence-electron chi connectivity index (χ2n) is 7.68. The van der Waals surface area contributed by atoms with Crippen molar-refractivity contribution in [2.45, 2.75) is 45.4 Å². The van der Waals surface area contributed by atoms with E-state index >= 15 is 0 Å². The first kappa shape index (κ1) is 18.7. The summed E-state index contributed by atoms with van der Waals surface area (Å²) in [4.78, 5) is 28.4. The lowest BCUT2D eigenvalue weighted by atomic mass is 10.1. The number of likely N-dealkylation sites (tertiary alicyclic amines) is 1. The van der Waals surface area contributed by atoms with Crippen LogP contribution in [0.3, 0.4) is 0 Å². The Bertz CT molecular complexity index is 614. The van der Waals surface area contributed by atoms with E-state index < -0.39 is 0 Å². The summed E-state index contributed by atoms with van der Waals surface area (Å²) in [7, 11) is 0. The first-order chi connectivity index (χ1) is 12.6. The third kappa shape index (κ3) is 5.23. The minimum atomic E-state index is 0.0656. The van der Waals surface area contributed by atoms with Crippen LogP contribution in [-0.2, 0) is 9.59 Å². The molecule has 1 atom stereocenters. The van der Waals surface area contributed by atoms with Crippen molar-refractivity contribution in [3.8, 4) is 0 Å². The van der Waals surface area contributed by atoms with Crippen molar-refractivity contribution in [2.24, 2.45) is 5.92 Å². The zero-order valence-corrected chi connectivity index (χ0v) is 15.9. The highest BCUT2D eigenvalue weighted by Crippen LogP contribution is 2.23. The van der Waals surface area contributed by atoms with Crippen LogP contribution in [0, 0.1) is 12.8 Å². The molecular weight excluding hydrogens is 326 g/mol. The number of hydrogen-bond acceptors (Lipinski definition) is 3. The van der Waals surface area contributed by atoms with E-state index in [0.29, 0.717) is 25.3 Å². The molecule has 2 fully saturated rings. The lowest BCUT2D eigenvalue weighted by Crippen LogP contribution is -2.36. The van der Waals surface area contributed by atoms with Gasteiger partial charge in [-0.25, -0.2) is 0 Å². The van der Waals surface area contributed by atoms with Crippen molar-refractivity contribution in [3.05, 3.63) is 29.8 Å². The van der Waals surface area contributed by atoms with Gasteiger partial charge >= 0.3 is 0 Å². The largest absolute Gasteiger partial charge is 0.371 e. The van der Waals surface area contributed by atoms with E-state index in [4.69, 9.17) is 0 Å². The number of rotatable bonds is 6. The van der Waals surface area contributed by atoms with Gasteiger partial charge in [0, 0.05) is 51.3 Å². The second-order valence-corrected chi connectivity index (χ2v) is 7.68. The third-order valence-electron chi connectivity index (χ3n) is 5.55. The molecule has 26 heavy (non-hydrogen) atoms. The summed E-state index contributed by atoms with van der Waals surface area (Å²) in [6.45, 7) is 6.24. The van der Waals surface area contributed by atoms with Crippen molar-refractivity contribution in [1.82, 2.24) is 10.2 Å². The van der Waals surface area contributed by atoms with E-state index in [9.17, 15) is 9.59 Å². The highest BCUT2D eigenvalue weighted by atomic mass is 16.2. The average Bonchev–Trinajstić information content (AvgIpc) is 3.02. The predicted octanol–water partition coefficient (Wildman–Crippen LogP) is 2.73. The molecule has 2 amide bonds. The molecule has 1 unspecified atom stereocenters. The highest BCUT2D eigenvalue weighted by Gasteiger charge is 2.23. The van der Waals surface area contributed by atoms with Crippen LogP contribution in [0.2, 0.25) is 0 Å². The smallest absolute Gasteiger partial charge is 0.222 e. The maximum absolute atomic E-state index is 12.2. The Kier molecular flexibility index (Phi) is 6.53. The van der Waals surface area contributed by atoms with Gasteiger partial charge in [0.2, 0.25) is 11.8 Å². The van der Waals surface area contributed by atoms with Crippen molar-refractivity contribution in [2.75, 3.05) is 37.6 Å². The minimum Gasteiger partial charge on any atom is -0.371 e. The number of nitrogens with one attached hydrogen (secondary N) is 1. The zero-order chi connectivity index (χ0) is 18.4. The molecule has 0 spiro atoms. The summed E-state index contributed by atoms with van der Waals surface area (Å²) in [5.41, 5.74) is 2.55. The molecule has 2 heterocycles. The van der Waals surface area contributed by atoms with Crippen molar-refractivity contribution >= 4 is 17.5 Å². The molecule has 5 heteroatoms. The van der Waals surface area contributed by atoms with E-state index in [2.05, 4.69) is 41.4 Å². The van der Waals surface area contributed by atoms with E-state index in [0.717, 1.165) is 51.9 Å². The molecule has 5 nitrogen and oxygen atoms in total. The number of carbonyl (C=O) groups excluding carboxylic acids is 2. The Hall–Kier alpha value is -2.04. The summed E-state index contributed by atoms with van der Waals surface area (Å²) in [5, 5.41) is 3.07. The molecule has 3 rings (SSSR count). The molecule has 0 aliphatic carbocycles. The van der Waals surface area contributed by atoms with Crippen molar-refractivity contribution in [1.29, 1.82) is 0 Å². The molecule has 142 valence electrons. The van der Waals surface area contributed by atoms with Gasteiger partial charge in [-0.1, -0.05) is 24.1 Å². The van der Waals surface area contributed by atoms with Gasteiger partial charge in [0.05, 0.1) is 0 Å². The van der Waals surface area contributed by atoms with E-state index in [-0.39, 0.29) is 11.8 Å².